The molecule has 3 heterocycles. The minimum absolute atomic E-state index is 0.156. The minimum atomic E-state index is 0.156. The van der Waals surface area contributed by atoms with Crippen LogP contribution >= 0.6 is 0 Å². The van der Waals surface area contributed by atoms with Gasteiger partial charge in [-0.25, -0.2) is 0 Å². The highest BCUT2D eigenvalue weighted by Crippen LogP contribution is 2.39. The van der Waals surface area contributed by atoms with E-state index in [-0.39, 0.29) is 6.04 Å². The van der Waals surface area contributed by atoms with Gasteiger partial charge in [0, 0.05) is 38.5 Å². The van der Waals surface area contributed by atoms with Gasteiger partial charge >= 0.3 is 0 Å². The maximum absolute atomic E-state index is 5.59. The maximum atomic E-state index is 5.59. The van der Waals surface area contributed by atoms with E-state index < -0.39 is 0 Å². The first-order valence-corrected chi connectivity index (χ1v) is 9.83. The molecule has 0 bridgehead atoms. The monoisotopic (exact) mass is 357 g/mol. The second kappa shape index (κ2) is 6.42. The molecule has 5 rings (SSSR count). The molecule has 140 valence electrons. The Morgan fingerprint density at radius 3 is 2.62 bits per heavy atom. The molecular formula is C18H27N7O. The lowest BCUT2D eigenvalue weighted by molar-refractivity contribution is 0.0693. The average Bonchev–Trinajstić information content (AvgIpc) is 3.24. The summed E-state index contributed by atoms with van der Waals surface area (Å²) in [6, 6.07) is 0.156. The number of nitrogens with zero attached hydrogens (tertiary/aromatic N) is 7. The van der Waals surface area contributed by atoms with Gasteiger partial charge < -0.3 is 9.09 Å². The molecule has 2 aromatic heterocycles. The molecule has 3 fully saturated rings. The van der Waals surface area contributed by atoms with Gasteiger partial charge in [0.25, 0.3) is 0 Å². The van der Waals surface area contributed by atoms with Crippen LogP contribution in [0.3, 0.4) is 0 Å². The Morgan fingerprint density at radius 2 is 1.88 bits per heavy atom. The highest BCUT2D eigenvalue weighted by atomic mass is 16.5. The zero-order valence-corrected chi connectivity index (χ0v) is 15.6. The fourth-order valence-corrected chi connectivity index (χ4v) is 3.97. The van der Waals surface area contributed by atoms with Crippen LogP contribution in [-0.2, 0) is 13.6 Å². The van der Waals surface area contributed by atoms with E-state index in [1.54, 1.807) is 0 Å². The van der Waals surface area contributed by atoms with E-state index in [0.717, 1.165) is 49.5 Å². The molecule has 3 aliphatic rings. The van der Waals surface area contributed by atoms with Gasteiger partial charge in [-0.15, -0.1) is 10.2 Å². The fraction of sp³-hybridized carbons (Fsp3) is 0.778. The molecule has 1 saturated heterocycles. The Balaban J connectivity index is 1.28. The van der Waals surface area contributed by atoms with Crippen molar-refractivity contribution in [1.82, 2.24) is 34.7 Å². The van der Waals surface area contributed by atoms with E-state index >= 15 is 0 Å². The molecule has 0 spiro atoms. The van der Waals surface area contributed by atoms with E-state index in [9.17, 15) is 0 Å². The molecule has 2 aliphatic carbocycles. The molecule has 0 amide bonds. The van der Waals surface area contributed by atoms with E-state index in [2.05, 4.69) is 48.8 Å². The zero-order valence-electron chi connectivity index (χ0n) is 15.6. The van der Waals surface area contributed by atoms with Gasteiger partial charge in [0.2, 0.25) is 5.89 Å². The summed E-state index contributed by atoms with van der Waals surface area (Å²) in [4.78, 5) is 9.42. The van der Waals surface area contributed by atoms with Crippen LogP contribution < -0.4 is 0 Å². The Labute approximate surface area is 153 Å². The third-order valence-electron chi connectivity index (χ3n) is 6.25. The molecule has 1 aliphatic heterocycles. The maximum Gasteiger partial charge on any atom is 0.245 e. The van der Waals surface area contributed by atoms with E-state index in [1.807, 2.05) is 0 Å². The highest BCUT2D eigenvalue weighted by Gasteiger charge is 2.34. The van der Waals surface area contributed by atoms with Gasteiger partial charge in [0.05, 0.1) is 6.54 Å². The molecule has 0 radical (unpaired) electrons. The smallest absolute Gasteiger partial charge is 0.245 e. The molecule has 8 nitrogen and oxygen atoms in total. The zero-order chi connectivity index (χ0) is 17.7. The summed E-state index contributed by atoms with van der Waals surface area (Å²) in [6.45, 7) is 3.71. The van der Waals surface area contributed by atoms with Crippen LogP contribution in [-0.4, -0.2) is 61.4 Å². The van der Waals surface area contributed by atoms with Crippen LogP contribution in [0.1, 0.15) is 73.3 Å². The second-order valence-corrected chi connectivity index (χ2v) is 8.16. The second-order valence-electron chi connectivity index (χ2n) is 8.16. The highest BCUT2D eigenvalue weighted by molar-refractivity contribution is 5.07. The average molecular weight is 357 g/mol. The van der Waals surface area contributed by atoms with Gasteiger partial charge in [-0.3, -0.25) is 9.80 Å². The van der Waals surface area contributed by atoms with Crippen LogP contribution in [0, 0.1) is 0 Å². The first-order valence-electron chi connectivity index (χ1n) is 9.83. The summed E-state index contributed by atoms with van der Waals surface area (Å²) >= 11 is 0. The number of aromatic nitrogens is 5. The summed E-state index contributed by atoms with van der Waals surface area (Å²) in [7, 11) is 4.25. The fourth-order valence-electron chi connectivity index (χ4n) is 3.97. The van der Waals surface area contributed by atoms with E-state index in [4.69, 9.17) is 4.52 Å². The number of likely N-dealkylation sites (N-methyl/N-ethyl adjacent to an activating group) is 1. The lowest BCUT2D eigenvalue weighted by Gasteiger charge is -2.37. The van der Waals surface area contributed by atoms with Crippen LogP contribution in [0.2, 0.25) is 0 Å². The normalized spacial score (nSPS) is 25.5. The number of hydrogen-bond acceptors (Lipinski definition) is 7. The van der Waals surface area contributed by atoms with Crippen molar-refractivity contribution in [3.8, 4) is 0 Å². The van der Waals surface area contributed by atoms with Crippen molar-refractivity contribution in [2.75, 3.05) is 26.7 Å². The lowest BCUT2D eigenvalue weighted by atomic mass is 9.85. The standard InChI is InChI=1S/C18H27N7O/c1-23-8-9-25(10-14(23)18-19-16(22-26-18)12-6-7-12)11-15-20-21-17(24(15)2)13-4-3-5-13/h12-14H,3-11H2,1-2H3/t14-/m1/s1. The first-order chi connectivity index (χ1) is 12.7. The van der Waals surface area contributed by atoms with Crippen LogP contribution in [0.25, 0.3) is 0 Å². The lowest BCUT2D eigenvalue weighted by Crippen LogP contribution is -2.46. The number of hydrogen-bond donors (Lipinski definition) is 0. The Morgan fingerprint density at radius 1 is 1.04 bits per heavy atom. The predicted molar refractivity (Wildman–Crippen MR) is 94.5 cm³/mol. The molecule has 0 aromatic carbocycles. The Kier molecular flexibility index (Phi) is 4.04. The Hall–Kier alpha value is -1.80. The van der Waals surface area contributed by atoms with Crippen molar-refractivity contribution >= 4 is 0 Å². The summed E-state index contributed by atoms with van der Waals surface area (Å²) in [6.07, 6.45) is 6.22. The third kappa shape index (κ3) is 2.95. The summed E-state index contributed by atoms with van der Waals surface area (Å²) < 4.78 is 7.80. The van der Waals surface area contributed by atoms with Gasteiger partial charge in [-0.1, -0.05) is 11.6 Å². The summed E-state index contributed by atoms with van der Waals surface area (Å²) in [5.74, 6) is 5.00. The number of rotatable bonds is 5. The van der Waals surface area contributed by atoms with E-state index in [1.165, 1.54) is 32.1 Å². The molecule has 0 N–H and O–H groups in total. The largest absolute Gasteiger partial charge is 0.338 e. The van der Waals surface area contributed by atoms with Crippen molar-refractivity contribution in [3.05, 3.63) is 23.4 Å². The van der Waals surface area contributed by atoms with Crippen molar-refractivity contribution in [2.24, 2.45) is 7.05 Å². The van der Waals surface area contributed by atoms with Crippen molar-refractivity contribution in [1.29, 1.82) is 0 Å². The SMILES string of the molecule is CN1CCN(Cc2nnc(C3CCC3)n2C)C[C@@H]1c1nc(C2CC2)no1. The van der Waals surface area contributed by atoms with E-state index in [0.29, 0.717) is 11.8 Å². The molecule has 1 atom stereocenters. The first kappa shape index (κ1) is 16.4. The molecule has 0 unspecified atom stereocenters. The van der Waals surface area contributed by atoms with Crippen LogP contribution in [0.4, 0.5) is 0 Å². The third-order valence-corrected chi connectivity index (χ3v) is 6.25. The van der Waals surface area contributed by atoms with Gasteiger partial charge in [0.1, 0.15) is 17.7 Å². The van der Waals surface area contributed by atoms with Crippen molar-refractivity contribution in [2.45, 2.75) is 56.5 Å². The van der Waals surface area contributed by atoms with Gasteiger partial charge in [-0.2, -0.15) is 4.98 Å². The summed E-state index contributed by atoms with van der Waals surface area (Å²) in [5, 5.41) is 13.1. The van der Waals surface area contributed by atoms with Crippen LogP contribution in [0.15, 0.2) is 4.52 Å². The molecule has 26 heavy (non-hydrogen) atoms. The quantitative estimate of drug-likeness (QED) is 0.808. The van der Waals surface area contributed by atoms with Crippen molar-refractivity contribution < 1.29 is 4.52 Å². The molecule has 2 aromatic rings. The summed E-state index contributed by atoms with van der Waals surface area (Å²) in [5.41, 5.74) is 0. The van der Waals surface area contributed by atoms with Crippen LogP contribution in [0.5, 0.6) is 0 Å². The number of piperazine rings is 1. The molecule has 2 saturated carbocycles. The molecule has 8 heteroatoms. The molecular weight excluding hydrogens is 330 g/mol. The Bertz CT molecular complexity index is 776. The van der Waals surface area contributed by atoms with Gasteiger partial charge in [-0.05, 0) is 32.7 Å². The van der Waals surface area contributed by atoms with Gasteiger partial charge in [0.15, 0.2) is 5.82 Å². The van der Waals surface area contributed by atoms with Crippen molar-refractivity contribution in [3.63, 3.8) is 0 Å². The minimum Gasteiger partial charge on any atom is -0.338 e. The predicted octanol–water partition coefficient (Wildman–Crippen LogP) is 1.83. The topological polar surface area (TPSA) is 76.1 Å².